The van der Waals surface area contributed by atoms with E-state index < -0.39 is 0 Å². The number of hydrogen-bond donors (Lipinski definition) is 0. The SMILES string of the molecule is ClCc1ccc(OCC2Cc3ccccc3S2)c(Cl)c1. The average Bonchev–Trinajstić information content (AvgIpc) is 2.88. The van der Waals surface area contributed by atoms with E-state index in [4.69, 9.17) is 27.9 Å². The molecule has 0 saturated carbocycles. The number of benzene rings is 2. The number of ether oxygens (including phenoxy) is 1. The Morgan fingerprint density at radius 3 is 2.80 bits per heavy atom. The molecule has 3 rings (SSSR count). The Morgan fingerprint density at radius 2 is 2.05 bits per heavy atom. The molecule has 0 aromatic heterocycles. The van der Waals surface area contributed by atoms with Crippen molar-refractivity contribution in [3.8, 4) is 5.75 Å². The minimum Gasteiger partial charge on any atom is -0.491 e. The summed E-state index contributed by atoms with van der Waals surface area (Å²) in [5.41, 5.74) is 2.42. The maximum Gasteiger partial charge on any atom is 0.137 e. The van der Waals surface area contributed by atoms with Crippen LogP contribution in [0.3, 0.4) is 0 Å². The van der Waals surface area contributed by atoms with Crippen LogP contribution in [-0.2, 0) is 12.3 Å². The Hall–Kier alpha value is -0.830. The quantitative estimate of drug-likeness (QED) is 0.717. The molecule has 1 heterocycles. The summed E-state index contributed by atoms with van der Waals surface area (Å²) in [6.45, 7) is 0.666. The number of fused-ring (bicyclic) bond motifs is 1. The predicted molar refractivity (Wildman–Crippen MR) is 86.3 cm³/mol. The van der Waals surface area contributed by atoms with Crippen LogP contribution in [0, 0.1) is 0 Å². The van der Waals surface area contributed by atoms with Gasteiger partial charge >= 0.3 is 0 Å². The van der Waals surface area contributed by atoms with Crippen LogP contribution >= 0.6 is 35.0 Å². The van der Waals surface area contributed by atoms with E-state index >= 15 is 0 Å². The highest BCUT2D eigenvalue weighted by atomic mass is 35.5. The molecule has 1 aliphatic heterocycles. The van der Waals surface area contributed by atoms with Gasteiger partial charge in [0.2, 0.25) is 0 Å². The second-order valence-corrected chi connectivity index (χ2v) is 6.78. The van der Waals surface area contributed by atoms with Crippen molar-refractivity contribution in [2.75, 3.05) is 6.61 Å². The fourth-order valence-electron chi connectivity index (χ4n) is 2.27. The van der Waals surface area contributed by atoms with E-state index in [1.807, 2.05) is 30.0 Å². The zero-order valence-electron chi connectivity index (χ0n) is 10.8. The lowest BCUT2D eigenvalue weighted by molar-refractivity contribution is 0.317. The van der Waals surface area contributed by atoms with Gasteiger partial charge in [0.05, 0.1) is 5.02 Å². The van der Waals surface area contributed by atoms with Crippen LogP contribution in [0.1, 0.15) is 11.1 Å². The van der Waals surface area contributed by atoms with Crippen molar-refractivity contribution in [2.24, 2.45) is 0 Å². The van der Waals surface area contributed by atoms with Crippen LogP contribution in [0.2, 0.25) is 5.02 Å². The Labute approximate surface area is 133 Å². The molecular weight excluding hydrogens is 311 g/mol. The van der Waals surface area contributed by atoms with Crippen LogP contribution in [0.5, 0.6) is 5.75 Å². The van der Waals surface area contributed by atoms with Gasteiger partial charge < -0.3 is 4.74 Å². The molecule has 0 fully saturated rings. The fourth-order valence-corrected chi connectivity index (χ4v) is 3.92. The van der Waals surface area contributed by atoms with Gasteiger partial charge in [0.25, 0.3) is 0 Å². The molecular formula is C16H14Cl2OS. The van der Waals surface area contributed by atoms with Gasteiger partial charge in [-0.05, 0) is 35.7 Å². The van der Waals surface area contributed by atoms with Gasteiger partial charge in [-0.1, -0.05) is 35.9 Å². The number of halogens is 2. The molecule has 0 saturated heterocycles. The van der Waals surface area contributed by atoms with Gasteiger partial charge in [0.15, 0.2) is 0 Å². The maximum absolute atomic E-state index is 6.19. The first-order valence-electron chi connectivity index (χ1n) is 6.48. The number of alkyl halides is 1. The lowest BCUT2D eigenvalue weighted by atomic mass is 10.1. The average molecular weight is 325 g/mol. The highest BCUT2D eigenvalue weighted by Crippen LogP contribution is 2.37. The zero-order valence-corrected chi connectivity index (χ0v) is 13.1. The van der Waals surface area contributed by atoms with Gasteiger partial charge in [-0.2, -0.15) is 0 Å². The third-order valence-corrected chi connectivity index (χ3v) is 5.18. The summed E-state index contributed by atoms with van der Waals surface area (Å²) < 4.78 is 5.86. The van der Waals surface area contributed by atoms with Crippen LogP contribution < -0.4 is 4.74 Å². The Balaban J connectivity index is 1.61. The molecule has 2 aromatic rings. The van der Waals surface area contributed by atoms with E-state index in [2.05, 4.69) is 24.3 Å². The second-order valence-electron chi connectivity index (χ2n) is 4.76. The van der Waals surface area contributed by atoms with Gasteiger partial charge in [0.1, 0.15) is 12.4 Å². The molecule has 0 aliphatic carbocycles. The maximum atomic E-state index is 6.19. The van der Waals surface area contributed by atoms with E-state index in [0.717, 1.165) is 17.7 Å². The molecule has 20 heavy (non-hydrogen) atoms. The molecule has 4 heteroatoms. The smallest absolute Gasteiger partial charge is 0.137 e. The normalized spacial score (nSPS) is 17.0. The van der Waals surface area contributed by atoms with Crippen LogP contribution in [0.15, 0.2) is 47.4 Å². The van der Waals surface area contributed by atoms with Crippen molar-refractivity contribution >= 4 is 35.0 Å². The van der Waals surface area contributed by atoms with Gasteiger partial charge in [0, 0.05) is 16.0 Å². The van der Waals surface area contributed by atoms with Gasteiger partial charge in [-0.25, -0.2) is 0 Å². The molecule has 104 valence electrons. The minimum absolute atomic E-state index is 0.455. The van der Waals surface area contributed by atoms with Crippen LogP contribution in [-0.4, -0.2) is 11.9 Å². The Kier molecular flexibility index (Phi) is 4.45. The van der Waals surface area contributed by atoms with Gasteiger partial charge in [-0.15, -0.1) is 23.4 Å². The standard InChI is InChI=1S/C16H14Cl2OS/c17-9-11-5-6-15(14(18)7-11)19-10-13-8-12-3-1-2-4-16(12)20-13/h1-7,13H,8-10H2. The number of rotatable bonds is 4. The number of thioether (sulfide) groups is 1. The van der Waals surface area contributed by atoms with Crippen molar-refractivity contribution in [1.82, 2.24) is 0 Å². The molecule has 0 spiro atoms. The molecule has 1 atom stereocenters. The highest BCUT2D eigenvalue weighted by molar-refractivity contribution is 8.00. The summed E-state index contributed by atoms with van der Waals surface area (Å²) in [5.74, 6) is 1.20. The lowest BCUT2D eigenvalue weighted by Gasteiger charge is -2.12. The number of hydrogen-bond acceptors (Lipinski definition) is 2. The Bertz CT molecular complexity index is 590. The molecule has 0 bridgehead atoms. The summed E-state index contributed by atoms with van der Waals surface area (Å²) in [6, 6.07) is 14.2. The first-order chi connectivity index (χ1) is 9.76. The zero-order chi connectivity index (χ0) is 13.9. The summed E-state index contributed by atoms with van der Waals surface area (Å²) in [4.78, 5) is 1.37. The van der Waals surface area contributed by atoms with E-state index in [1.54, 1.807) is 0 Å². The Morgan fingerprint density at radius 1 is 1.20 bits per heavy atom. The third-order valence-electron chi connectivity index (χ3n) is 3.29. The molecule has 0 N–H and O–H groups in total. The predicted octanol–water partition coefficient (Wildman–Crippen LogP) is 5.17. The van der Waals surface area contributed by atoms with Crippen molar-refractivity contribution < 1.29 is 4.74 Å². The van der Waals surface area contributed by atoms with Crippen LogP contribution in [0.4, 0.5) is 0 Å². The molecule has 0 radical (unpaired) electrons. The molecule has 1 aliphatic rings. The minimum atomic E-state index is 0.455. The first-order valence-corrected chi connectivity index (χ1v) is 8.27. The largest absolute Gasteiger partial charge is 0.491 e. The van der Waals surface area contributed by atoms with Gasteiger partial charge in [-0.3, -0.25) is 0 Å². The van der Waals surface area contributed by atoms with Crippen LogP contribution in [0.25, 0.3) is 0 Å². The first kappa shape index (κ1) is 14.1. The molecule has 0 amide bonds. The molecule has 2 aromatic carbocycles. The topological polar surface area (TPSA) is 9.23 Å². The fraction of sp³-hybridized carbons (Fsp3) is 0.250. The molecule has 1 unspecified atom stereocenters. The van der Waals surface area contributed by atoms with E-state index in [1.165, 1.54) is 10.5 Å². The summed E-state index contributed by atoms with van der Waals surface area (Å²) in [7, 11) is 0. The van der Waals surface area contributed by atoms with Crippen molar-refractivity contribution in [3.63, 3.8) is 0 Å². The lowest BCUT2D eigenvalue weighted by Crippen LogP contribution is -2.13. The van der Waals surface area contributed by atoms with Crippen molar-refractivity contribution in [3.05, 3.63) is 58.6 Å². The summed E-state index contributed by atoms with van der Waals surface area (Å²) in [6.07, 6.45) is 1.05. The van der Waals surface area contributed by atoms with Crippen molar-refractivity contribution in [1.29, 1.82) is 0 Å². The third kappa shape index (κ3) is 3.08. The summed E-state index contributed by atoms with van der Waals surface area (Å²) >= 11 is 13.9. The van der Waals surface area contributed by atoms with E-state index in [9.17, 15) is 0 Å². The van der Waals surface area contributed by atoms with Crippen molar-refractivity contribution in [2.45, 2.75) is 22.4 Å². The van der Waals surface area contributed by atoms with E-state index in [-0.39, 0.29) is 0 Å². The monoisotopic (exact) mass is 324 g/mol. The van der Waals surface area contributed by atoms with E-state index in [0.29, 0.717) is 22.8 Å². The summed E-state index contributed by atoms with van der Waals surface area (Å²) in [5, 5.41) is 1.08. The second kappa shape index (κ2) is 6.30. The highest BCUT2D eigenvalue weighted by Gasteiger charge is 2.22. The molecule has 1 nitrogen and oxygen atoms in total.